The first-order chi connectivity index (χ1) is 4.57. The molecule has 0 N–H and O–H groups in total. The monoisotopic (exact) mass is 142 g/mol. The van der Waals surface area contributed by atoms with Crippen molar-refractivity contribution in [2.24, 2.45) is 4.99 Å². The van der Waals surface area contributed by atoms with Crippen LogP contribution in [0.2, 0.25) is 0 Å². The van der Waals surface area contributed by atoms with Crippen molar-refractivity contribution in [2.75, 3.05) is 21.1 Å². The summed E-state index contributed by atoms with van der Waals surface area (Å²) in [6, 6.07) is 0.601. The van der Waals surface area contributed by atoms with Crippen LogP contribution in [0.15, 0.2) is 4.99 Å². The van der Waals surface area contributed by atoms with Crippen LogP contribution in [0.4, 0.5) is 0 Å². The molecule has 1 unspecified atom stereocenters. The first-order valence-corrected chi connectivity index (χ1v) is 3.66. The molecule has 0 fully saturated rings. The molecule has 0 aromatic rings. The molecule has 0 saturated carbocycles. The lowest BCUT2D eigenvalue weighted by Crippen LogP contribution is -2.26. The molecule has 2 nitrogen and oxygen atoms in total. The third-order valence-electron chi connectivity index (χ3n) is 1.85. The molecule has 0 aliphatic carbocycles. The Bertz CT molecular complexity index is 116. The van der Waals surface area contributed by atoms with Crippen LogP contribution < -0.4 is 0 Å². The van der Waals surface area contributed by atoms with Crippen molar-refractivity contribution in [1.29, 1.82) is 0 Å². The zero-order chi connectivity index (χ0) is 8.15. The Kier molecular flexibility index (Phi) is 4.28. The maximum atomic E-state index is 4.10. The zero-order valence-electron chi connectivity index (χ0n) is 7.68. The summed E-state index contributed by atoms with van der Waals surface area (Å²) >= 11 is 0. The fourth-order valence-electron chi connectivity index (χ4n) is 0.701. The smallest absolute Gasteiger partial charge is 0.0276 e. The number of hydrogen-bond donors (Lipinski definition) is 0. The van der Waals surface area contributed by atoms with Crippen molar-refractivity contribution in [2.45, 2.75) is 26.3 Å². The van der Waals surface area contributed by atoms with Gasteiger partial charge in [-0.15, -0.1) is 0 Å². The molecule has 0 aromatic heterocycles. The van der Waals surface area contributed by atoms with Crippen LogP contribution in [-0.4, -0.2) is 37.8 Å². The van der Waals surface area contributed by atoms with Crippen LogP contribution in [0.25, 0.3) is 0 Å². The Morgan fingerprint density at radius 3 is 2.30 bits per heavy atom. The predicted molar refractivity (Wildman–Crippen MR) is 46.8 cm³/mol. The first kappa shape index (κ1) is 9.63. The maximum absolute atomic E-state index is 4.10. The summed E-state index contributed by atoms with van der Waals surface area (Å²) in [6.45, 7) is 4.27. The van der Waals surface area contributed by atoms with Gasteiger partial charge in [0.15, 0.2) is 0 Å². The van der Waals surface area contributed by atoms with Gasteiger partial charge in [-0.2, -0.15) is 0 Å². The van der Waals surface area contributed by atoms with Gasteiger partial charge in [0.25, 0.3) is 0 Å². The second kappa shape index (κ2) is 4.45. The highest BCUT2D eigenvalue weighted by molar-refractivity contribution is 5.82. The van der Waals surface area contributed by atoms with Crippen molar-refractivity contribution in [3.05, 3.63) is 0 Å². The molecular formula is C8H18N2. The molecule has 2 heteroatoms. The second-order valence-electron chi connectivity index (χ2n) is 2.98. The van der Waals surface area contributed by atoms with Gasteiger partial charge in [0, 0.05) is 25.2 Å². The normalized spacial score (nSPS) is 16.0. The van der Waals surface area contributed by atoms with E-state index in [1.165, 1.54) is 5.71 Å². The van der Waals surface area contributed by atoms with Crippen molar-refractivity contribution >= 4 is 5.71 Å². The topological polar surface area (TPSA) is 15.6 Å². The van der Waals surface area contributed by atoms with Gasteiger partial charge in [-0.3, -0.25) is 4.99 Å². The van der Waals surface area contributed by atoms with E-state index in [0.29, 0.717) is 6.04 Å². The van der Waals surface area contributed by atoms with E-state index in [4.69, 9.17) is 0 Å². The molecule has 10 heavy (non-hydrogen) atoms. The fraction of sp³-hybridized carbons (Fsp3) is 0.875. The maximum Gasteiger partial charge on any atom is 0.0276 e. The molecule has 0 radical (unpaired) electrons. The van der Waals surface area contributed by atoms with Crippen molar-refractivity contribution in [1.82, 2.24) is 4.90 Å². The molecule has 0 heterocycles. The van der Waals surface area contributed by atoms with E-state index in [2.05, 4.69) is 37.8 Å². The Morgan fingerprint density at radius 1 is 1.50 bits per heavy atom. The lowest BCUT2D eigenvalue weighted by atomic mass is 10.1. The van der Waals surface area contributed by atoms with Gasteiger partial charge in [0.2, 0.25) is 0 Å². The molecule has 0 aliphatic heterocycles. The highest BCUT2D eigenvalue weighted by Gasteiger charge is 2.04. The average molecular weight is 142 g/mol. The molecule has 0 spiro atoms. The van der Waals surface area contributed by atoms with Gasteiger partial charge >= 0.3 is 0 Å². The van der Waals surface area contributed by atoms with E-state index in [1.54, 1.807) is 0 Å². The Balaban J connectivity index is 3.68. The lowest BCUT2D eigenvalue weighted by Gasteiger charge is -2.18. The van der Waals surface area contributed by atoms with Crippen molar-refractivity contribution in [3.8, 4) is 0 Å². The SMILES string of the molecule is CN=C(C)CC(C)N(C)C. The third-order valence-corrected chi connectivity index (χ3v) is 1.85. The Labute approximate surface area is 63.9 Å². The second-order valence-corrected chi connectivity index (χ2v) is 2.98. The van der Waals surface area contributed by atoms with Gasteiger partial charge in [0.05, 0.1) is 0 Å². The number of rotatable bonds is 3. The van der Waals surface area contributed by atoms with Gasteiger partial charge in [-0.25, -0.2) is 0 Å². The van der Waals surface area contributed by atoms with Crippen LogP contribution in [-0.2, 0) is 0 Å². The van der Waals surface area contributed by atoms with E-state index in [0.717, 1.165) is 6.42 Å². The van der Waals surface area contributed by atoms with Gasteiger partial charge < -0.3 is 4.90 Å². The highest BCUT2D eigenvalue weighted by Crippen LogP contribution is 1.99. The largest absolute Gasteiger partial charge is 0.306 e. The minimum Gasteiger partial charge on any atom is -0.306 e. The first-order valence-electron chi connectivity index (χ1n) is 3.66. The Hall–Kier alpha value is -0.370. The summed E-state index contributed by atoms with van der Waals surface area (Å²) in [5.74, 6) is 0. The number of hydrogen-bond acceptors (Lipinski definition) is 2. The molecule has 0 saturated heterocycles. The van der Waals surface area contributed by atoms with E-state index < -0.39 is 0 Å². The van der Waals surface area contributed by atoms with E-state index >= 15 is 0 Å². The zero-order valence-corrected chi connectivity index (χ0v) is 7.68. The molecule has 1 atom stereocenters. The fourth-order valence-corrected chi connectivity index (χ4v) is 0.701. The summed E-state index contributed by atoms with van der Waals surface area (Å²) < 4.78 is 0. The summed E-state index contributed by atoms with van der Waals surface area (Å²) in [5, 5.41) is 0. The van der Waals surface area contributed by atoms with Crippen molar-refractivity contribution in [3.63, 3.8) is 0 Å². The Morgan fingerprint density at radius 2 is 2.00 bits per heavy atom. The third kappa shape index (κ3) is 3.62. The van der Waals surface area contributed by atoms with Gasteiger partial charge in [-0.05, 0) is 27.9 Å². The van der Waals surface area contributed by atoms with Gasteiger partial charge in [0.1, 0.15) is 0 Å². The van der Waals surface area contributed by atoms with Crippen LogP contribution in [0.3, 0.4) is 0 Å². The van der Waals surface area contributed by atoms with Crippen LogP contribution in [0.1, 0.15) is 20.3 Å². The minimum atomic E-state index is 0.601. The molecule has 60 valence electrons. The molecule has 0 aromatic carbocycles. The van der Waals surface area contributed by atoms with Gasteiger partial charge in [-0.1, -0.05) is 0 Å². The standard InChI is InChI=1S/C8H18N2/c1-7(9-3)6-8(2)10(4)5/h8H,6H2,1-5H3. The number of nitrogens with zero attached hydrogens (tertiary/aromatic N) is 2. The van der Waals surface area contributed by atoms with Crippen LogP contribution in [0, 0.1) is 0 Å². The molecule has 0 rings (SSSR count). The summed E-state index contributed by atoms with van der Waals surface area (Å²) in [5.41, 5.74) is 1.22. The minimum absolute atomic E-state index is 0.601. The molecule has 0 bridgehead atoms. The molecular weight excluding hydrogens is 124 g/mol. The molecule has 0 aliphatic rings. The van der Waals surface area contributed by atoms with Crippen LogP contribution in [0.5, 0.6) is 0 Å². The quantitative estimate of drug-likeness (QED) is 0.544. The van der Waals surface area contributed by atoms with E-state index in [-0.39, 0.29) is 0 Å². The average Bonchev–Trinajstić information content (AvgIpc) is 1.87. The summed E-state index contributed by atoms with van der Waals surface area (Å²) in [4.78, 5) is 6.30. The summed E-state index contributed by atoms with van der Waals surface area (Å²) in [6.07, 6.45) is 1.07. The van der Waals surface area contributed by atoms with E-state index in [9.17, 15) is 0 Å². The van der Waals surface area contributed by atoms with Crippen LogP contribution >= 0.6 is 0 Å². The lowest BCUT2D eigenvalue weighted by molar-refractivity contribution is 0.321. The highest BCUT2D eigenvalue weighted by atomic mass is 15.1. The predicted octanol–water partition coefficient (Wildman–Crippen LogP) is 1.42. The number of aliphatic imine (C=N–C) groups is 1. The summed E-state index contributed by atoms with van der Waals surface area (Å²) in [7, 11) is 6.03. The van der Waals surface area contributed by atoms with E-state index in [1.807, 2.05) is 7.05 Å². The molecule has 0 amide bonds. The van der Waals surface area contributed by atoms with Crippen molar-refractivity contribution < 1.29 is 0 Å².